The molecule has 0 unspecified atom stereocenters. The molecule has 0 atom stereocenters. The van der Waals surface area contributed by atoms with Crippen LogP contribution in [0.15, 0.2) is 90.5 Å². The van der Waals surface area contributed by atoms with E-state index in [4.69, 9.17) is 0 Å². The van der Waals surface area contributed by atoms with Crippen LogP contribution in [0.4, 0.5) is 0 Å². The average molecular weight is 431 g/mol. The zero-order valence-electron chi connectivity index (χ0n) is 18.0. The molecule has 1 aliphatic heterocycles. The van der Waals surface area contributed by atoms with Crippen LogP contribution in [-0.4, -0.2) is 42.5 Å². The molecule has 3 aromatic rings. The number of benzene rings is 3. The van der Waals surface area contributed by atoms with E-state index >= 15 is 0 Å². The highest BCUT2D eigenvalue weighted by Gasteiger charge is 2.26. The molecule has 0 amide bonds. The third-order valence-corrected chi connectivity index (χ3v) is 6.56. The Kier molecular flexibility index (Phi) is 7.24. The Labute approximate surface area is 192 Å². The van der Waals surface area contributed by atoms with E-state index in [0.717, 1.165) is 32.7 Å². The molecule has 2 aliphatic rings. The minimum absolute atomic E-state index is 0. The van der Waals surface area contributed by atoms with Crippen molar-refractivity contribution < 1.29 is 0 Å². The Morgan fingerprint density at radius 1 is 0.645 bits per heavy atom. The summed E-state index contributed by atoms with van der Waals surface area (Å²) in [5.74, 6) is 0. The molecule has 1 fully saturated rings. The van der Waals surface area contributed by atoms with E-state index in [0.29, 0.717) is 6.04 Å². The van der Waals surface area contributed by atoms with E-state index < -0.39 is 0 Å². The van der Waals surface area contributed by atoms with Gasteiger partial charge in [-0.15, -0.1) is 12.4 Å². The summed E-state index contributed by atoms with van der Waals surface area (Å²) < 4.78 is 0. The molecule has 1 heterocycles. The number of hydrogen-bond donors (Lipinski definition) is 0. The van der Waals surface area contributed by atoms with Gasteiger partial charge in [0.15, 0.2) is 0 Å². The lowest BCUT2D eigenvalue weighted by Gasteiger charge is -2.40. The normalized spacial score (nSPS) is 17.0. The first-order valence-electron chi connectivity index (χ1n) is 11.2. The van der Waals surface area contributed by atoms with Gasteiger partial charge in [-0.25, -0.2) is 0 Å². The predicted molar refractivity (Wildman–Crippen MR) is 133 cm³/mol. The van der Waals surface area contributed by atoms with E-state index in [1.54, 1.807) is 5.57 Å². The number of fused-ring (bicyclic) bond motifs is 1. The molecule has 3 aromatic carbocycles. The first kappa shape index (κ1) is 21.8. The van der Waals surface area contributed by atoms with E-state index in [1.807, 2.05) is 0 Å². The Hall–Kier alpha value is -2.39. The molecule has 2 nitrogen and oxygen atoms in total. The van der Waals surface area contributed by atoms with Crippen molar-refractivity contribution in [3.05, 3.63) is 113 Å². The molecule has 5 rings (SSSR count). The van der Waals surface area contributed by atoms with Crippen molar-refractivity contribution in [1.29, 1.82) is 0 Å². The maximum Gasteiger partial charge on any atom is 0.0602 e. The number of piperazine rings is 1. The van der Waals surface area contributed by atoms with E-state index in [9.17, 15) is 0 Å². The fraction of sp³-hybridized carbons (Fsp3) is 0.286. The summed E-state index contributed by atoms with van der Waals surface area (Å²) in [5.41, 5.74) is 7.29. The van der Waals surface area contributed by atoms with Crippen LogP contribution in [0.5, 0.6) is 0 Å². The fourth-order valence-corrected chi connectivity index (χ4v) is 4.97. The van der Waals surface area contributed by atoms with Gasteiger partial charge in [0.25, 0.3) is 0 Å². The van der Waals surface area contributed by atoms with Gasteiger partial charge in [0.1, 0.15) is 0 Å². The average Bonchev–Trinajstić information content (AvgIpc) is 2.82. The standard InChI is InChI=1S/C28H30N2.ClH/c1-3-10-25(11-4-1)28(26-12-5-2-6-13-26)30-19-17-29(18-20-30)22-23-15-16-24-9-7-8-14-27(24)21-23;/h1-14,21,28H,15-20,22H2;1H. The summed E-state index contributed by atoms with van der Waals surface area (Å²) in [4.78, 5) is 5.30. The van der Waals surface area contributed by atoms with Crippen molar-refractivity contribution in [3.8, 4) is 0 Å². The van der Waals surface area contributed by atoms with Crippen LogP contribution in [-0.2, 0) is 6.42 Å². The Morgan fingerprint density at radius 2 is 1.23 bits per heavy atom. The highest BCUT2D eigenvalue weighted by atomic mass is 35.5. The molecule has 31 heavy (non-hydrogen) atoms. The molecule has 0 spiro atoms. The molecule has 1 aliphatic carbocycles. The van der Waals surface area contributed by atoms with Gasteiger partial charge in [-0.2, -0.15) is 0 Å². The van der Waals surface area contributed by atoms with Crippen molar-refractivity contribution in [2.45, 2.75) is 18.9 Å². The maximum absolute atomic E-state index is 2.66. The van der Waals surface area contributed by atoms with Gasteiger partial charge in [0, 0.05) is 32.7 Å². The highest BCUT2D eigenvalue weighted by molar-refractivity contribution is 5.85. The summed E-state index contributed by atoms with van der Waals surface area (Å²) in [6, 6.07) is 31.1. The van der Waals surface area contributed by atoms with Crippen LogP contribution in [0.1, 0.15) is 34.7 Å². The lowest BCUT2D eigenvalue weighted by molar-refractivity contribution is 0.115. The second kappa shape index (κ2) is 10.3. The smallest absolute Gasteiger partial charge is 0.0602 e. The molecule has 0 aromatic heterocycles. The second-order valence-electron chi connectivity index (χ2n) is 8.54. The third kappa shape index (κ3) is 5.10. The van der Waals surface area contributed by atoms with Gasteiger partial charge in [0.05, 0.1) is 6.04 Å². The zero-order valence-corrected chi connectivity index (χ0v) is 18.8. The lowest BCUT2D eigenvalue weighted by atomic mass is 9.92. The van der Waals surface area contributed by atoms with Crippen molar-refractivity contribution in [2.24, 2.45) is 0 Å². The molecular weight excluding hydrogens is 400 g/mol. The number of nitrogens with zero attached hydrogens (tertiary/aromatic N) is 2. The van der Waals surface area contributed by atoms with E-state index in [-0.39, 0.29) is 12.4 Å². The van der Waals surface area contributed by atoms with Gasteiger partial charge >= 0.3 is 0 Å². The monoisotopic (exact) mass is 430 g/mol. The van der Waals surface area contributed by atoms with Crippen molar-refractivity contribution in [1.82, 2.24) is 9.80 Å². The van der Waals surface area contributed by atoms with E-state index in [2.05, 4.69) is 101 Å². The van der Waals surface area contributed by atoms with Gasteiger partial charge in [-0.3, -0.25) is 9.80 Å². The first-order valence-corrected chi connectivity index (χ1v) is 11.2. The van der Waals surface area contributed by atoms with Crippen LogP contribution in [0.2, 0.25) is 0 Å². The van der Waals surface area contributed by atoms with Gasteiger partial charge in [-0.1, -0.05) is 96.6 Å². The van der Waals surface area contributed by atoms with Gasteiger partial charge in [0.2, 0.25) is 0 Å². The van der Waals surface area contributed by atoms with Crippen LogP contribution < -0.4 is 0 Å². The van der Waals surface area contributed by atoms with Gasteiger partial charge in [-0.05, 0) is 35.1 Å². The molecule has 0 bridgehead atoms. The maximum atomic E-state index is 2.66. The minimum atomic E-state index is 0. The third-order valence-electron chi connectivity index (χ3n) is 6.56. The molecule has 1 saturated heterocycles. The summed E-state index contributed by atoms with van der Waals surface area (Å²) in [7, 11) is 0. The van der Waals surface area contributed by atoms with Crippen molar-refractivity contribution in [2.75, 3.05) is 32.7 Å². The first-order chi connectivity index (χ1) is 14.9. The summed E-state index contributed by atoms with van der Waals surface area (Å²) in [6.07, 6.45) is 4.82. The van der Waals surface area contributed by atoms with E-state index in [1.165, 1.54) is 35.1 Å². The molecule has 0 saturated carbocycles. The quantitative estimate of drug-likeness (QED) is 0.501. The molecule has 0 N–H and O–H groups in total. The molecule has 0 radical (unpaired) electrons. The molecular formula is C28H31ClN2. The Morgan fingerprint density at radius 3 is 1.87 bits per heavy atom. The summed E-state index contributed by atoms with van der Waals surface area (Å²) >= 11 is 0. The van der Waals surface area contributed by atoms with Gasteiger partial charge < -0.3 is 0 Å². The van der Waals surface area contributed by atoms with Crippen LogP contribution >= 0.6 is 12.4 Å². The minimum Gasteiger partial charge on any atom is -0.297 e. The summed E-state index contributed by atoms with van der Waals surface area (Å²) in [5, 5.41) is 0. The zero-order chi connectivity index (χ0) is 20.2. The second-order valence-corrected chi connectivity index (χ2v) is 8.54. The molecule has 160 valence electrons. The fourth-order valence-electron chi connectivity index (χ4n) is 4.97. The Balaban J connectivity index is 0.00000231. The number of hydrogen-bond acceptors (Lipinski definition) is 2. The molecule has 3 heteroatoms. The SMILES string of the molecule is C1=C(CN2CCN(C(c3ccccc3)c3ccccc3)CC2)CCc2ccccc21.Cl. The lowest BCUT2D eigenvalue weighted by Crippen LogP contribution is -2.48. The number of rotatable bonds is 5. The van der Waals surface area contributed by atoms with Crippen LogP contribution in [0, 0.1) is 0 Å². The van der Waals surface area contributed by atoms with Crippen LogP contribution in [0.3, 0.4) is 0 Å². The van der Waals surface area contributed by atoms with Crippen molar-refractivity contribution in [3.63, 3.8) is 0 Å². The topological polar surface area (TPSA) is 6.48 Å². The number of aryl methyl sites for hydroxylation is 1. The van der Waals surface area contributed by atoms with Crippen molar-refractivity contribution >= 4 is 18.5 Å². The largest absolute Gasteiger partial charge is 0.297 e. The summed E-state index contributed by atoms with van der Waals surface area (Å²) in [6.45, 7) is 5.60. The number of halogens is 1. The predicted octanol–water partition coefficient (Wildman–Crippen LogP) is 5.85. The highest BCUT2D eigenvalue weighted by Crippen LogP contribution is 2.30. The Bertz CT molecular complexity index is 952. The van der Waals surface area contributed by atoms with Crippen LogP contribution in [0.25, 0.3) is 6.08 Å².